The van der Waals surface area contributed by atoms with E-state index in [-0.39, 0.29) is 0 Å². The Bertz CT molecular complexity index is 543. The van der Waals surface area contributed by atoms with Crippen LogP contribution >= 0.6 is 23.1 Å². The molecular weight excluding hydrogens is 252 g/mol. The zero-order valence-corrected chi connectivity index (χ0v) is 11.4. The highest BCUT2D eigenvalue weighted by molar-refractivity contribution is 7.99. The molecule has 0 fully saturated rings. The fourth-order valence-corrected chi connectivity index (χ4v) is 3.53. The largest absolute Gasteiger partial charge is 0.478 e. The minimum atomic E-state index is -0.843. The van der Waals surface area contributed by atoms with E-state index in [4.69, 9.17) is 0 Å². The molecule has 0 aliphatic rings. The van der Waals surface area contributed by atoms with Crippen LogP contribution in [0.1, 0.15) is 29.8 Å². The van der Waals surface area contributed by atoms with Gasteiger partial charge in [-0.3, -0.25) is 0 Å². The summed E-state index contributed by atoms with van der Waals surface area (Å²) in [7, 11) is 0. The standard InChI is InChI=1S/C13H14O2S2/c1-8(2)16-6-9-7-17-11-5-3-4-10(12(9)11)13(14)15/h3-5,7-8H,6H2,1-2H3,(H,14,15). The Hall–Kier alpha value is -1.00. The number of carbonyl (C=O) groups is 1. The third kappa shape index (κ3) is 2.64. The number of fused-ring (bicyclic) bond motifs is 1. The van der Waals surface area contributed by atoms with E-state index < -0.39 is 5.97 Å². The lowest BCUT2D eigenvalue weighted by Gasteiger charge is -2.05. The number of benzene rings is 1. The first-order chi connectivity index (χ1) is 8.09. The maximum Gasteiger partial charge on any atom is 0.336 e. The summed E-state index contributed by atoms with van der Waals surface area (Å²) >= 11 is 3.46. The summed E-state index contributed by atoms with van der Waals surface area (Å²) in [6.45, 7) is 4.30. The molecule has 1 aromatic carbocycles. The molecule has 1 aromatic heterocycles. The fourth-order valence-electron chi connectivity index (χ4n) is 1.69. The van der Waals surface area contributed by atoms with Crippen LogP contribution in [0.25, 0.3) is 10.1 Å². The smallest absolute Gasteiger partial charge is 0.336 e. The number of hydrogen-bond donors (Lipinski definition) is 1. The molecule has 0 saturated carbocycles. The zero-order chi connectivity index (χ0) is 12.4. The van der Waals surface area contributed by atoms with Crippen molar-refractivity contribution in [1.82, 2.24) is 0 Å². The van der Waals surface area contributed by atoms with Gasteiger partial charge in [-0.25, -0.2) is 4.79 Å². The molecular formula is C13H14O2S2. The highest BCUT2D eigenvalue weighted by Gasteiger charge is 2.13. The highest BCUT2D eigenvalue weighted by atomic mass is 32.2. The summed E-state index contributed by atoms with van der Waals surface area (Å²) in [5.74, 6) is 0.0342. The van der Waals surface area contributed by atoms with Crippen molar-refractivity contribution in [2.45, 2.75) is 24.9 Å². The topological polar surface area (TPSA) is 37.3 Å². The Morgan fingerprint density at radius 3 is 2.88 bits per heavy atom. The zero-order valence-electron chi connectivity index (χ0n) is 9.77. The lowest BCUT2D eigenvalue weighted by Crippen LogP contribution is -1.98. The lowest BCUT2D eigenvalue weighted by molar-refractivity contribution is 0.0699. The van der Waals surface area contributed by atoms with Crippen molar-refractivity contribution in [2.24, 2.45) is 0 Å². The van der Waals surface area contributed by atoms with Crippen LogP contribution in [0.3, 0.4) is 0 Å². The van der Waals surface area contributed by atoms with Gasteiger partial charge in [0, 0.05) is 15.8 Å². The number of rotatable bonds is 4. The van der Waals surface area contributed by atoms with Crippen LogP contribution in [0.4, 0.5) is 0 Å². The number of hydrogen-bond acceptors (Lipinski definition) is 3. The molecule has 17 heavy (non-hydrogen) atoms. The molecule has 1 heterocycles. The quantitative estimate of drug-likeness (QED) is 0.899. The second-order valence-corrected chi connectivity index (χ2v) is 6.58. The van der Waals surface area contributed by atoms with Crippen molar-refractivity contribution in [2.75, 3.05) is 0 Å². The first-order valence-corrected chi connectivity index (χ1v) is 7.36. The van der Waals surface area contributed by atoms with Gasteiger partial charge in [-0.2, -0.15) is 11.8 Å². The van der Waals surface area contributed by atoms with E-state index in [9.17, 15) is 9.90 Å². The lowest BCUT2D eigenvalue weighted by atomic mass is 10.1. The molecule has 2 nitrogen and oxygen atoms in total. The number of thiophene rings is 1. The van der Waals surface area contributed by atoms with Crippen LogP contribution < -0.4 is 0 Å². The molecule has 0 atom stereocenters. The Morgan fingerprint density at radius 1 is 1.47 bits per heavy atom. The molecule has 0 radical (unpaired) electrons. The minimum absolute atomic E-state index is 0.420. The second kappa shape index (κ2) is 5.10. The van der Waals surface area contributed by atoms with Gasteiger partial charge in [0.2, 0.25) is 0 Å². The Labute approximate surface area is 109 Å². The number of thioether (sulfide) groups is 1. The number of carboxylic acid groups (broad SMARTS) is 1. The van der Waals surface area contributed by atoms with Crippen molar-refractivity contribution in [3.8, 4) is 0 Å². The molecule has 0 saturated heterocycles. The van der Waals surface area contributed by atoms with Crippen LogP contribution in [0.15, 0.2) is 23.6 Å². The molecule has 0 bridgehead atoms. The van der Waals surface area contributed by atoms with E-state index in [2.05, 4.69) is 19.2 Å². The van der Waals surface area contributed by atoms with Crippen molar-refractivity contribution in [3.63, 3.8) is 0 Å². The molecule has 0 aliphatic carbocycles. The third-order valence-corrected chi connectivity index (χ3v) is 4.62. The van der Waals surface area contributed by atoms with E-state index in [1.165, 1.54) is 0 Å². The summed E-state index contributed by atoms with van der Waals surface area (Å²) in [6.07, 6.45) is 0. The average Bonchev–Trinajstić information content (AvgIpc) is 2.69. The van der Waals surface area contributed by atoms with Gasteiger partial charge in [0.05, 0.1) is 5.56 Å². The van der Waals surface area contributed by atoms with Crippen molar-refractivity contribution < 1.29 is 9.90 Å². The summed E-state index contributed by atoms with van der Waals surface area (Å²) in [5.41, 5.74) is 1.56. The predicted molar refractivity (Wildman–Crippen MR) is 75.2 cm³/mol. The summed E-state index contributed by atoms with van der Waals surface area (Å²) < 4.78 is 1.06. The molecule has 0 aliphatic heterocycles. The predicted octanol–water partition coefficient (Wildman–Crippen LogP) is 4.24. The van der Waals surface area contributed by atoms with Crippen LogP contribution in [-0.4, -0.2) is 16.3 Å². The minimum Gasteiger partial charge on any atom is -0.478 e. The molecule has 2 aromatic rings. The van der Waals surface area contributed by atoms with E-state index in [1.54, 1.807) is 17.4 Å². The molecule has 0 unspecified atom stereocenters. The number of aromatic carboxylic acids is 1. The summed E-state index contributed by atoms with van der Waals surface area (Å²) in [4.78, 5) is 11.2. The SMILES string of the molecule is CC(C)SCc1csc2cccc(C(=O)O)c12. The number of carboxylic acids is 1. The normalized spacial score (nSPS) is 11.2. The van der Waals surface area contributed by atoms with Crippen LogP contribution in [-0.2, 0) is 5.75 Å². The van der Waals surface area contributed by atoms with E-state index in [0.717, 1.165) is 21.4 Å². The second-order valence-electron chi connectivity index (χ2n) is 4.10. The Kier molecular flexibility index (Phi) is 3.74. The van der Waals surface area contributed by atoms with Crippen molar-refractivity contribution >= 4 is 39.2 Å². The van der Waals surface area contributed by atoms with Gasteiger partial charge in [-0.05, 0) is 28.3 Å². The van der Waals surface area contributed by atoms with Crippen LogP contribution in [0.5, 0.6) is 0 Å². The fraction of sp³-hybridized carbons (Fsp3) is 0.308. The monoisotopic (exact) mass is 266 g/mol. The van der Waals surface area contributed by atoms with E-state index in [0.29, 0.717) is 10.8 Å². The Balaban J connectivity index is 2.46. The summed E-state index contributed by atoms with van der Waals surface area (Å²) in [5, 5.41) is 12.7. The average molecular weight is 266 g/mol. The molecule has 4 heteroatoms. The maximum absolute atomic E-state index is 11.2. The third-order valence-electron chi connectivity index (χ3n) is 2.48. The van der Waals surface area contributed by atoms with Crippen LogP contribution in [0.2, 0.25) is 0 Å². The molecule has 90 valence electrons. The van der Waals surface area contributed by atoms with Crippen LogP contribution in [0, 0.1) is 0 Å². The van der Waals surface area contributed by atoms with Gasteiger partial charge in [-0.1, -0.05) is 19.9 Å². The molecule has 1 N–H and O–H groups in total. The first kappa shape index (κ1) is 12.5. The van der Waals surface area contributed by atoms with Gasteiger partial charge in [-0.15, -0.1) is 11.3 Å². The van der Waals surface area contributed by atoms with Gasteiger partial charge in [0.1, 0.15) is 0 Å². The Morgan fingerprint density at radius 2 is 2.24 bits per heavy atom. The van der Waals surface area contributed by atoms with Gasteiger partial charge >= 0.3 is 5.97 Å². The van der Waals surface area contributed by atoms with Gasteiger partial charge in [0.25, 0.3) is 0 Å². The molecule has 0 spiro atoms. The molecule has 2 rings (SSSR count). The van der Waals surface area contributed by atoms with Gasteiger partial charge < -0.3 is 5.11 Å². The van der Waals surface area contributed by atoms with E-state index >= 15 is 0 Å². The van der Waals surface area contributed by atoms with Gasteiger partial charge in [0.15, 0.2) is 0 Å². The maximum atomic E-state index is 11.2. The first-order valence-electron chi connectivity index (χ1n) is 5.43. The summed E-state index contributed by atoms with van der Waals surface area (Å²) in [6, 6.07) is 5.47. The van der Waals surface area contributed by atoms with Crippen molar-refractivity contribution in [3.05, 3.63) is 34.7 Å². The van der Waals surface area contributed by atoms with Crippen molar-refractivity contribution in [1.29, 1.82) is 0 Å². The molecule has 0 amide bonds. The highest BCUT2D eigenvalue weighted by Crippen LogP contribution is 2.32. The van der Waals surface area contributed by atoms with E-state index in [1.807, 2.05) is 23.9 Å².